The number of aliphatic hydroxyl groups is 1. The lowest BCUT2D eigenvalue weighted by atomic mass is 9.53. The highest BCUT2D eigenvalue weighted by atomic mass is 16.6. The Morgan fingerprint density at radius 3 is 2.35 bits per heavy atom. The average molecular weight is 437 g/mol. The number of rotatable bonds is 7. The van der Waals surface area contributed by atoms with E-state index in [0.29, 0.717) is 18.8 Å². The normalized spacial score (nSPS) is 39.6. The second kappa shape index (κ2) is 8.05. The van der Waals surface area contributed by atoms with Gasteiger partial charge >= 0.3 is 17.9 Å². The van der Waals surface area contributed by atoms with Crippen molar-refractivity contribution < 1.29 is 33.7 Å². The first kappa shape index (κ1) is 22.6. The number of hydrogen-bond donors (Lipinski definition) is 1. The van der Waals surface area contributed by atoms with Gasteiger partial charge in [0, 0.05) is 5.41 Å². The molecule has 1 aliphatic heterocycles. The summed E-state index contributed by atoms with van der Waals surface area (Å²) in [5.41, 5.74) is -1.00. The largest absolute Gasteiger partial charge is 0.462 e. The molecule has 5 aliphatic rings. The first-order valence-corrected chi connectivity index (χ1v) is 11.8. The maximum Gasteiger partial charge on any atom is 0.348 e. The van der Waals surface area contributed by atoms with Gasteiger partial charge in [0.25, 0.3) is 0 Å². The van der Waals surface area contributed by atoms with Gasteiger partial charge in [-0.05, 0) is 62.7 Å². The third-order valence-corrected chi connectivity index (χ3v) is 8.10. The van der Waals surface area contributed by atoms with Crippen LogP contribution >= 0.6 is 0 Å². The summed E-state index contributed by atoms with van der Waals surface area (Å²) in [6.45, 7) is 7.56. The number of carbonyl (C=O) groups is 3. The highest BCUT2D eigenvalue weighted by Crippen LogP contribution is 2.57. The SMILES string of the molecule is CCC(CC(C)C(=O)OC12CC3CC(C1)C(O)C(C3)C2)C(=O)OC1C(=O)OCC1(C)C. The lowest BCUT2D eigenvalue weighted by molar-refractivity contribution is -0.209. The van der Waals surface area contributed by atoms with Crippen molar-refractivity contribution >= 4 is 17.9 Å². The summed E-state index contributed by atoms with van der Waals surface area (Å²) in [4.78, 5) is 37.7. The van der Waals surface area contributed by atoms with Crippen LogP contribution in [0.25, 0.3) is 0 Å². The standard InChI is InChI=1S/C24H36O7/c1-5-15(21(27)30-19-22(28)29-12-23(19,3)4)6-13(2)20(26)31-24-9-14-7-16(10-24)18(25)17(8-14)11-24/h13-19,25H,5-12H2,1-4H3. The monoisotopic (exact) mass is 436 g/mol. The maximum absolute atomic E-state index is 13.0. The molecule has 1 N–H and O–H groups in total. The maximum atomic E-state index is 13.0. The predicted molar refractivity (Wildman–Crippen MR) is 111 cm³/mol. The van der Waals surface area contributed by atoms with Crippen LogP contribution in [0.3, 0.4) is 0 Å². The Hall–Kier alpha value is -1.63. The van der Waals surface area contributed by atoms with Crippen LogP contribution in [-0.2, 0) is 28.6 Å². The lowest BCUT2D eigenvalue weighted by Crippen LogP contribution is -2.58. The number of aliphatic hydroxyl groups excluding tert-OH is 1. The smallest absolute Gasteiger partial charge is 0.348 e. The Kier molecular flexibility index (Phi) is 5.86. The zero-order chi connectivity index (χ0) is 22.6. The van der Waals surface area contributed by atoms with Crippen LogP contribution in [0.5, 0.6) is 0 Å². The molecule has 0 aromatic carbocycles. The van der Waals surface area contributed by atoms with E-state index in [4.69, 9.17) is 14.2 Å². The number of carbonyl (C=O) groups excluding carboxylic acids is 3. The molecule has 5 atom stereocenters. The highest BCUT2D eigenvalue weighted by Gasteiger charge is 2.57. The molecule has 5 rings (SSSR count). The van der Waals surface area contributed by atoms with Crippen molar-refractivity contribution in [2.45, 2.75) is 90.4 Å². The molecule has 7 heteroatoms. The summed E-state index contributed by atoms with van der Waals surface area (Å²) in [5, 5.41) is 10.4. The third kappa shape index (κ3) is 4.22. The summed E-state index contributed by atoms with van der Waals surface area (Å²) in [7, 11) is 0. The van der Waals surface area contributed by atoms with Crippen molar-refractivity contribution in [2.24, 2.45) is 35.0 Å². The minimum Gasteiger partial charge on any atom is -0.462 e. The fourth-order valence-electron chi connectivity index (χ4n) is 6.46. The Morgan fingerprint density at radius 2 is 1.81 bits per heavy atom. The van der Waals surface area contributed by atoms with Gasteiger partial charge < -0.3 is 19.3 Å². The van der Waals surface area contributed by atoms with Gasteiger partial charge in [0.05, 0.1) is 17.9 Å². The van der Waals surface area contributed by atoms with Crippen LogP contribution in [0.4, 0.5) is 0 Å². The summed E-state index contributed by atoms with van der Waals surface area (Å²) in [5.74, 6) is -1.16. The van der Waals surface area contributed by atoms with Gasteiger partial charge in [-0.25, -0.2) is 4.79 Å². The van der Waals surface area contributed by atoms with Crippen molar-refractivity contribution in [1.82, 2.24) is 0 Å². The van der Waals surface area contributed by atoms with Gasteiger partial charge in [-0.15, -0.1) is 0 Å². The van der Waals surface area contributed by atoms with E-state index in [1.165, 1.54) is 0 Å². The van der Waals surface area contributed by atoms with Gasteiger partial charge in [-0.3, -0.25) is 9.59 Å². The summed E-state index contributed by atoms with van der Waals surface area (Å²) in [6.07, 6.45) is 4.14. The van der Waals surface area contributed by atoms with Crippen molar-refractivity contribution in [2.75, 3.05) is 6.61 Å². The van der Waals surface area contributed by atoms with Crippen molar-refractivity contribution in [3.63, 3.8) is 0 Å². The van der Waals surface area contributed by atoms with E-state index in [1.54, 1.807) is 6.92 Å². The van der Waals surface area contributed by atoms with E-state index >= 15 is 0 Å². The van der Waals surface area contributed by atoms with E-state index in [0.717, 1.165) is 32.1 Å². The van der Waals surface area contributed by atoms with Gasteiger partial charge in [-0.1, -0.05) is 27.7 Å². The van der Waals surface area contributed by atoms with Gasteiger partial charge in [0.2, 0.25) is 6.10 Å². The second-order valence-electron chi connectivity index (χ2n) is 11.2. The molecule has 0 spiro atoms. The number of cyclic esters (lactones) is 1. The average Bonchev–Trinajstić information content (AvgIpc) is 2.95. The summed E-state index contributed by atoms with van der Waals surface area (Å²) >= 11 is 0. The van der Waals surface area contributed by atoms with Crippen LogP contribution in [0, 0.1) is 35.0 Å². The molecular formula is C24H36O7. The van der Waals surface area contributed by atoms with Gasteiger partial charge in [-0.2, -0.15) is 0 Å². The van der Waals surface area contributed by atoms with Crippen LogP contribution in [0.1, 0.15) is 72.6 Å². The molecule has 5 fully saturated rings. The van der Waals surface area contributed by atoms with Crippen molar-refractivity contribution in [1.29, 1.82) is 0 Å². The fraction of sp³-hybridized carbons (Fsp3) is 0.875. The van der Waals surface area contributed by atoms with E-state index in [1.807, 2.05) is 20.8 Å². The quantitative estimate of drug-likeness (QED) is 0.484. The molecule has 0 radical (unpaired) electrons. The zero-order valence-corrected chi connectivity index (χ0v) is 19.1. The molecule has 5 unspecified atom stereocenters. The topological polar surface area (TPSA) is 99.1 Å². The first-order chi connectivity index (χ1) is 14.5. The molecule has 174 valence electrons. The van der Waals surface area contributed by atoms with Crippen molar-refractivity contribution in [3.05, 3.63) is 0 Å². The van der Waals surface area contributed by atoms with Gasteiger partial charge in [0.1, 0.15) is 12.2 Å². The number of hydrogen-bond acceptors (Lipinski definition) is 7. The Bertz CT molecular complexity index is 728. The third-order valence-electron chi connectivity index (χ3n) is 8.10. The van der Waals surface area contributed by atoms with Gasteiger partial charge in [0.15, 0.2) is 0 Å². The molecule has 1 heterocycles. The van der Waals surface area contributed by atoms with Crippen LogP contribution in [-0.4, -0.2) is 47.4 Å². The van der Waals surface area contributed by atoms with E-state index < -0.39 is 40.9 Å². The Labute approximate surface area is 184 Å². The minimum absolute atomic E-state index is 0.225. The zero-order valence-electron chi connectivity index (χ0n) is 19.1. The first-order valence-electron chi connectivity index (χ1n) is 11.8. The van der Waals surface area contributed by atoms with Crippen LogP contribution in [0.2, 0.25) is 0 Å². The molecule has 0 aromatic heterocycles. The molecule has 4 bridgehead atoms. The lowest BCUT2D eigenvalue weighted by Gasteiger charge is -2.57. The van der Waals surface area contributed by atoms with Crippen LogP contribution in [0.15, 0.2) is 0 Å². The minimum atomic E-state index is -0.908. The van der Waals surface area contributed by atoms with Crippen molar-refractivity contribution in [3.8, 4) is 0 Å². The molecule has 0 aromatic rings. The second-order valence-corrected chi connectivity index (χ2v) is 11.2. The molecule has 7 nitrogen and oxygen atoms in total. The fourth-order valence-corrected chi connectivity index (χ4v) is 6.46. The molecule has 0 amide bonds. The van der Waals surface area contributed by atoms with E-state index in [2.05, 4.69) is 0 Å². The molecular weight excluding hydrogens is 400 g/mol. The molecule has 1 saturated heterocycles. The van der Waals surface area contributed by atoms with E-state index in [-0.39, 0.29) is 30.5 Å². The Balaban J connectivity index is 1.34. The Morgan fingerprint density at radius 1 is 1.16 bits per heavy atom. The predicted octanol–water partition coefficient (Wildman–Crippen LogP) is 3.02. The van der Waals surface area contributed by atoms with E-state index in [9.17, 15) is 19.5 Å². The highest BCUT2D eigenvalue weighted by molar-refractivity contribution is 5.83. The number of ether oxygens (including phenoxy) is 3. The molecule has 4 aliphatic carbocycles. The van der Waals surface area contributed by atoms with Crippen LogP contribution < -0.4 is 0 Å². The number of esters is 3. The molecule has 4 saturated carbocycles. The summed E-state index contributed by atoms with van der Waals surface area (Å²) in [6, 6.07) is 0. The molecule has 31 heavy (non-hydrogen) atoms. The summed E-state index contributed by atoms with van der Waals surface area (Å²) < 4.78 is 16.7.